The quantitative estimate of drug-likeness (QED) is 0.665. The van der Waals surface area contributed by atoms with Crippen molar-refractivity contribution in [2.75, 3.05) is 0 Å². The van der Waals surface area contributed by atoms with Crippen molar-refractivity contribution in [3.05, 3.63) is 20.9 Å². The molecule has 0 spiro atoms. The van der Waals surface area contributed by atoms with Gasteiger partial charge in [-0.3, -0.25) is 0 Å². The summed E-state index contributed by atoms with van der Waals surface area (Å²) < 4.78 is 2.79. The average molecular weight is 333 g/mol. The van der Waals surface area contributed by atoms with E-state index in [0.717, 1.165) is 28.8 Å². The Bertz CT molecular complexity index is 393. The molecule has 0 bridgehead atoms. The standard InChI is InChI=1S/C11H16IN3O/c1-4-5-6-9-14-11(13-3)10(12)15(9)7-8(2)16/h8,16H,4-7H2,1-2H3. The summed E-state index contributed by atoms with van der Waals surface area (Å²) >= 11 is 2.12. The Morgan fingerprint density at radius 2 is 2.31 bits per heavy atom. The van der Waals surface area contributed by atoms with Crippen LogP contribution in [0.5, 0.6) is 0 Å². The van der Waals surface area contributed by atoms with E-state index in [9.17, 15) is 5.11 Å². The van der Waals surface area contributed by atoms with Crippen molar-refractivity contribution < 1.29 is 5.11 Å². The summed E-state index contributed by atoms with van der Waals surface area (Å²) in [6, 6.07) is 0. The molecular weight excluding hydrogens is 317 g/mol. The predicted molar refractivity (Wildman–Crippen MR) is 71.5 cm³/mol. The molecule has 5 heteroatoms. The third-order valence-corrected chi connectivity index (χ3v) is 3.34. The van der Waals surface area contributed by atoms with E-state index in [0.29, 0.717) is 12.4 Å². The number of halogens is 1. The molecule has 1 heterocycles. The lowest BCUT2D eigenvalue weighted by Crippen LogP contribution is -2.15. The molecule has 0 aromatic carbocycles. The van der Waals surface area contributed by atoms with Gasteiger partial charge in [0.15, 0.2) is 0 Å². The van der Waals surface area contributed by atoms with Gasteiger partial charge in [0.05, 0.1) is 12.6 Å². The number of rotatable bonds is 5. The zero-order valence-corrected chi connectivity index (χ0v) is 11.7. The van der Waals surface area contributed by atoms with Gasteiger partial charge in [-0.1, -0.05) is 19.9 Å². The number of aliphatic hydroxyl groups excluding tert-OH is 1. The molecule has 88 valence electrons. The van der Waals surface area contributed by atoms with E-state index < -0.39 is 6.10 Å². The van der Waals surface area contributed by atoms with Crippen LogP contribution >= 0.6 is 22.6 Å². The summed E-state index contributed by atoms with van der Waals surface area (Å²) in [5.41, 5.74) is 0. The van der Waals surface area contributed by atoms with Crippen molar-refractivity contribution in [2.45, 2.75) is 45.8 Å². The fourth-order valence-corrected chi connectivity index (χ4v) is 2.23. The molecule has 0 radical (unpaired) electrons. The number of imidazole rings is 1. The molecule has 1 atom stereocenters. The Hall–Kier alpha value is -0.610. The Balaban J connectivity index is 3.00. The van der Waals surface area contributed by atoms with Crippen LogP contribution < -0.4 is 0 Å². The first-order chi connectivity index (χ1) is 7.60. The smallest absolute Gasteiger partial charge is 0.301 e. The molecule has 1 unspecified atom stereocenters. The Kier molecular flexibility index (Phi) is 5.22. The van der Waals surface area contributed by atoms with Gasteiger partial charge in [-0.15, -0.1) is 4.98 Å². The molecule has 1 N–H and O–H groups in total. The minimum absolute atomic E-state index is 0.415. The van der Waals surface area contributed by atoms with Crippen LogP contribution in [-0.4, -0.2) is 20.8 Å². The monoisotopic (exact) mass is 333 g/mol. The van der Waals surface area contributed by atoms with Gasteiger partial charge >= 0.3 is 5.82 Å². The van der Waals surface area contributed by atoms with Crippen molar-refractivity contribution in [1.29, 1.82) is 0 Å². The van der Waals surface area contributed by atoms with Crippen molar-refractivity contribution >= 4 is 28.4 Å². The van der Waals surface area contributed by atoms with Gasteiger partial charge in [-0.05, 0) is 35.9 Å². The average Bonchev–Trinajstić information content (AvgIpc) is 2.53. The van der Waals surface area contributed by atoms with Crippen molar-refractivity contribution in [2.24, 2.45) is 0 Å². The number of hydrogen-bond acceptors (Lipinski definition) is 2. The minimum atomic E-state index is -0.415. The first-order valence-corrected chi connectivity index (χ1v) is 6.48. The van der Waals surface area contributed by atoms with Gasteiger partial charge in [0.25, 0.3) is 0 Å². The second kappa shape index (κ2) is 6.21. The summed E-state index contributed by atoms with van der Waals surface area (Å²) in [6.45, 7) is 11.4. The summed E-state index contributed by atoms with van der Waals surface area (Å²) in [5, 5.41) is 9.43. The SMILES string of the molecule is [C-]#[N+]c1nc(CCCC)n(CC(C)O)c1I. The van der Waals surface area contributed by atoms with Crippen LogP contribution in [0, 0.1) is 10.3 Å². The van der Waals surface area contributed by atoms with Crippen LogP contribution in [0.2, 0.25) is 0 Å². The topological polar surface area (TPSA) is 42.4 Å². The highest BCUT2D eigenvalue weighted by atomic mass is 127. The zero-order valence-electron chi connectivity index (χ0n) is 9.57. The van der Waals surface area contributed by atoms with Crippen LogP contribution in [0.3, 0.4) is 0 Å². The zero-order chi connectivity index (χ0) is 12.1. The number of hydrogen-bond donors (Lipinski definition) is 1. The first-order valence-electron chi connectivity index (χ1n) is 5.40. The van der Waals surface area contributed by atoms with E-state index in [-0.39, 0.29) is 0 Å². The third-order valence-electron chi connectivity index (χ3n) is 2.27. The molecule has 0 fully saturated rings. The highest BCUT2D eigenvalue weighted by Crippen LogP contribution is 2.23. The molecule has 0 aliphatic rings. The maximum absolute atomic E-state index is 9.43. The van der Waals surface area contributed by atoms with Gasteiger partial charge in [-0.2, -0.15) is 0 Å². The first kappa shape index (κ1) is 13.5. The van der Waals surface area contributed by atoms with E-state index in [1.807, 2.05) is 4.57 Å². The molecule has 0 saturated carbocycles. The maximum Gasteiger partial charge on any atom is 0.301 e. The van der Waals surface area contributed by atoms with Crippen molar-refractivity contribution in [3.63, 3.8) is 0 Å². The van der Waals surface area contributed by atoms with E-state index in [1.54, 1.807) is 6.92 Å². The number of aryl methyl sites for hydroxylation is 1. The lowest BCUT2D eigenvalue weighted by atomic mass is 10.2. The molecule has 0 saturated heterocycles. The summed E-state index contributed by atoms with van der Waals surface area (Å²) in [6.07, 6.45) is 2.62. The Morgan fingerprint density at radius 3 is 2.81 bits per heavy atom. The number of aliphatic hydroxyl groups is 1. The highest BCUT2D eigenvalue weighted by Gasteiger charge is 2.18. The van der Waals surface area contributed by atoms with E-state index >= 15 is 0 Å². The third kappa shape index (κ3) is 3.19. The number of unbranched alkanes of at least 4 members (excludes halogenated alkanes) is 1. The van der Waals surface area contributed by atoms with E-state index in [4.69, 9.17) is 6.57 Å². The van der Waals surface area contributed by atoms with E-state index in [2.05, 4.69) is 39.3 Å². The van der Waals surface area contributed by atoms with Gasteiger partial charge < -0.3 is 14.5 Å². The van der Waals surface area contributed by atoms with Crippen LogP contribution in [0.15, 0.2) is 0 Å². The highest BCUT2D eigenvalue weighted by molar-refractivity contribution is 14.1. The maximum atomic E-state index is 9.43. The normalized spacial score (nSPS) is 12.4. The summed E-state index contributed by atoms with van der Waals surface area (Å²) in [4.78, 5) is 7.70. The summed E-state index contributed by atoms with van der Waals surface area (Å²) in [7, 11) is 0. The second-order valence-corrected chi connectivity index (χ2v) is 4.84. The lowest BCUT2D eigenvalue weighted by Gasteiger charge is -2.09. The van der Waals surface area contributed by atoms with Crippen LogP contribution in [0.1, 0.15) is 32.5 Å². The minimum Gasteiger partial charge on any atom is -0.392 e. The molecule has 4 nitrogen and oxygen atoms in total. The van der Waals surface area contributed by atoms with Gasteiger partial charge in [0.1, 0.15) is 3.70 Å². The van der Waals surface area contributed by atoms with Gasteiger partial charge in [-0.25, -0.2) is 0 Å². The molecule has 16 heavy (non-hydrogen) atoms. The second-order valence-electron chi connectivity index (χ2n) is 3.82. The molecular formula is C11H16IN3O. The molecule has 1 rings (SSSR count). The van der Waals surface area contributed by atoms with Gasteiger partial charge in [0, 0.05) is 6.42 Å². The van der Waals surface area contributed by atoms with Crippen LogP contribution in [0.4, 0.5) is 5.82 Å². The molecule has 0 amide bonds. The largest absolute Gasteiger partial charge is 0.392 e. The number of aromatic nitrogens is 2. The predicted octanol–water partition coefficient (Wildman–Crippen LogP) is 2.76. The lowest BCUT2D eigenvalue weighted by molar-refractivity contribution is 0.171. The van der Waals surface area contributed by atoms with Crippen molar-refractivity contribution in [1.82, 2.24) is 9.55 Å². The molecule has 0 aliphatic carbocycles. The van der Waals surface area contributed by atoms with Gasteiger partial charge in [0.2, 0.25) is 5.82 Å². The molecule has 1 aromatic heterocycles. The molecule has 1 aromatic rings. The fourth-order valence-electron chi connectivity index (χ4n) is 1.51. The Labute approximate surface area is 110 Å². The van der Waals surface area contributed by atoms with Crippen LogP contribution in [0.25, 0.3) is 4.85 Å². The fraction of sp³-hybridized carbons (Fsp3) is 0.636. The summed E-state index contributed by atoms with van der Waals surface area (Å²) in [5.74, 6) is 1.37. The molecule has 0 aliphatic heterocycles. The number of nitrogens with zero attached hydrogens (tertiary/aromatic N) is 3. The van der Waals surface area contributed by atoms with Crippen molar-refractivity contribution in [3.8, 4) is 0 Å². The van der Waals surface area contributed by atoms with E-state index in [1.165, 1.54) is 0 Å². The Morgan fingerprint density at radius 1 is 1.62 bits per heavy atom. The van der Waals surface area contributed by atoms with Crippen LogP contribution in [-0.2, 0) is 13.0 Å².